The van der Waals surface area contributed by atoms with Crippen molar-refractivity contribution in [3.8, 4) is 0 Å². The van der Waals surface area contributed by atoms with E-state index in [2.05, 4.69) is 4.90 Å². The summed E-state index contributed by atoms with van der Waals surface area (Å²) in [6.07, 6.45) is 3.96. The highest BCUT2D eigenvalue weighted by atomic mass is 35.5. The molecule has 0 spiro atoms. The molecule has 2 aromatic rings. The third kappa shape index (κ3) is 3.11. The van der Waals surface area contributed by atoms with Crippen LogP contribution in [0.2, 0.25) is 5.02 Å². The van der Waals surface area contributed by atoms with Gasteiger partial charge in [0.25, 0.3) is 0 Å². The molecule has 1 aromatic heterocycles. The smallest absolute Gasteiger partial charge is 0.178 e. The number of furan rings is 1. The summed E-state index contributed by atoms with van der Waals surface area (Å²) >= 11 is 6.08. The van der Waals surface area contributed by atoms with Crippen LogP contribution in [0.5, 0.6) is 0 Å². The van der Waals surface area contributed by atoms with Crippen molar-refractivity contribution < 1.29 is 9.21 Å². The van der Waals surface area contributed by atoms with E-state index in [-0.39, 0.29) is 5.78 Å². The average Bonchev–Trinajstić information content (AvgIpc) is 3.17. The molecular weight excluding hydrogens is 274 g/mol. The fraction of sp³-hybridized carbons (Fsp3) is 0.312. The van der Waals surface area contributed by atoms with Crippen LogP contribution in [0.25, 0.3) is 0 Å². The monoisotopic (exact) mass is 289 g/mol. The second kappa shape index (κ2) is 5.81. The lowest BCUT2D eigenvalue weighted by Crippen LogP contribution is -2.31. The summed E-state index contributed by atoms with van der Waals surface area (Å²) in [5.41, 5.74) is 0.597. The fourth-order valence-corrected chi connectivity index (χ4v) is 2.55. The fourth-order valence-electron chi connectivity index (χ4n) is 2.31. The molecule has 1 fully saturated rings. The van der Waals surface area contributed by atoms with Gasteiger partial charge in [0.2, 0.25) is 0 Å². The number of nitrogens with zero attached hydrogens (tertiary/aromatic N) is 1. The van der Waals surface area contributed by atoms with E-state index in [1.54, 1.807) is 18.4 Å². The zero-order chi connectivity index (χ0) is 13.9. The Kier molecular flexibility index (Phi) is 3.90. The van der Waals surface area contributed by atoms with Gasteiger partial charge in [0.1, 0.15) is 5.76 Å². The molecule has 1 aliphatic rings. The van der Waals surface area contributed by atoms with E-state index in [4.69, 9.17) is 16.0 Å². The van der Waals surface area contributed by atoms with Crippen LogP contribution >= 0.6 is 11.6 Å². The van der Waals surface area contributed by atoms with Gasteiger partial charge in [-0.1, -0.05) is 23.7 Å². The van der Waals surface area contributed by atoms with Gasteiger partial charge in [-0.3, -0.25) is 9.69 Å². The third-order valence-corrected chi connectivity index (χ3v) is 3.85. The van der Waals surface area contributed by atoms with Gasteiger partial charge in [0.05, 0.1) is 24.4 Å². The lowest BCUT2D eigenvalue weighted by molar-refractivity contribution is 0.0913. The van der Waals surface area contributed by atoms with Crippen molar-refractivity contribution in [3.05, 3.63) is 59.0 Å². The van der Waals surface area contributed by atoms with Crippen LogP contribution in [0, 0.1) is 0 Å². The molecule has 104 valence electrons. The Morgan fingerprint density at radius 2 is 2.05 bits per heavy atom. The van der Waals surface area contributed by atoms with Gasteiger partial charge >= 0.3 is 0 Å². The number of rotatable bonds is 6. The topological polar surface area (TPSA) is 33.5 Å². The molecule has 0 amide bonds. The van der Waals surface area contributed by atoms with Crippen molar-refractivity contribution in [1.29, 1.82) is 0 Å². The predicted molar refractivity (Wildman–Crippen MR) is 77.9 cm³/mol. The summed E-state index contributed by atoms with van der Waals surface area (Å²) in [6, 6.07) is 11.5. The standard InChI is InChI=1S/C16H16ClNO2/c17-15-6-2-1-5-14(15)16(19)11-18(12-7-8-12)10-13-4-3-9-20-13/h1-6,9,12H,7-8,10-11H2. The predicted octanol–water partition coefficient (Wildman–Crippen LogP) is 3.78. The first-order valence-corrected chi connectivity index (χ1v) is 7.16. The minimum Gasteiger partial charge on any atom is -0.468 e. The summed E-state index contributed by atoms with van der Waals surface area (Å²) in [6.45, 7) is 1.06. The molecule has 4 heteroatoms. The molecule has 3 rings (SSSR count). The summed E-state index contributed by atoms with van der Waals surface area (Å²) in [7, 11) is 0. The molecule has 0 atom stereocenters. The van der Waals surface area contributed by atoms with E-state index >= 15 is 0 Å². The van der Waals surface area contributed by atoms with Gasteiger partial charge in [0, 0.05) is 11.6 Å². The number of carbonyl (C=O) groups excluding carboxylic acids is 1. The molecule has 1 aliphatic carbocycles. The van der Waals surface area contributed by atoms with Crippen molar-refractivity contribution in [2.24, 2.45) is 0 Å². The Labute approximate surface area is 123 Å². The zero-order valence-electron chi connectivity index (χ0n) is 11.1. The number of benzene rings is 1. The van der Waals surface area contributed by atoms with E-state index in [0.29, 0.717) is 29.7 Å². The Bertz CT molecular complexity index is 590. The first-order chi connectivity index (χ1) is 9.74. The molecule has 1 aromatic carbocycles. The molecule has 0 saturated heterocycles. The number of hydrogen-bond donors (Lipinski definition) is 0. The van der Waals surface area contributed by atoms with Crippen LogP contribution in [0.3, 0.4) is 0 Å². The first kappa shape index (κ1) is 13.4. The van der Waals surface area contributed by atoms with Crippen LogP contribution < -0.4 is 0 Å². The molecular formula is C16H16ClNO2. The zero-order valence-corrected chi connectivity index (χ0v) is 11.8. The minimum absolute atomic E-state index is 0.0639. The van der Waals surface area contributed by atoms with Crippen LogP contribution in [-0.4, -0.2) is 23.3 Å². The van der Waals surface area contributed by atoms with Crippen LogP contribution in [0.15, 0.2) is 47.1 Å². The summed E-state index contributed by atoms with van der Waals surface area (Å²) in [5.74, 6) is 0.956. The number of halogens is 1. The Morgan fingerprint density at radius 1 is 1.25 bits per heavy atom. The van der Waals surface area contributed by atoms with Crippen molar-refractivity contribution in [1.82, 2.24) is 4.90 Å². The van der Waals surface area contributed by atoms with E-state index in [1.807, 2.05) is 24.3 Å². The summed E-state index contributed by atoms with van der Waals surface area (Å²) in [4.78, 5) is 14.6. The Hall–Kier alpha value is -1.58. The highest BCUT2D eigenvalue weighted by Crippen LogP contribution is 2.29. The van der Waals surface area contributed by atoms with Crippen molar-refractivity contribution >= 4 is 17.4 Å². The maximum atomic E-state index is 12.4. The average molecular weight is 290 g/mol. The van der Waals surface area contributed by atoms with Gasteiger partial charge in [-0.25, -0.2) is 0 Å². The molecule has 1 heterocycles. The highest BCUT2D eigenvalue weighted by Gasteiger charge is 2.31. The lowest BCUT2D eigenvalue weighted by Gasteiger charge is -2.20. The molecule has 0 unspecified atom stereocenters. The molecule has 20 heavy (non-hydrogen) atoms. The molecule has 0 radical (unpaired) electrons. The Morgan fingerprint density at radius 3 is 2.70 bits per heavy atom. The summed E-state index contributed by atoms with van der Waals surface area (Å²) in [5, 5.41) is 0.520. The molecule has 1 saturated carbocycles. The van der Waals surface area contributed by atoms with E-state index in [9.17, 15) is 4.79 Å². The van der Waals surface area contributed by atoms with Crippen LogP contribution in [0.1, 0.15) is 29.0 Å². The minimum atomic E-state index is 0.0639. The van der Waals surface area contributed by atoms with E-state index < -0.39 is 0 Å². The van der Waals surface area contributed by atoms with Gasteiger partial charge in [-0.15, -0.1) is 0 Å². The van der Waals surface area contributed by atoms with Gasteiger partial charge in [0.15, 0.2) is 5.78 Å². The quantitative estimate of drug-likeness (QED) is 0.759. The number of ketones is 1. The number of hydrogen-bond acceptors (Lipinski definition) is 3. The maximum Gasteiger partial charge on any atom is 0.178 e. The normalized spacial score (nSPS) is 14.7. The SMILES string of the molecule is O=C(CN(Cc1ccco1)C1CC1)c1ccccc1Cl. The lowest BCUT2D eigenvalue weighted by atomic mass is 10.1. The van der Waals surface area contributed by atoms with Gasteiger partial charge in [-0.05, 0) is 37.1 Å². The molecule has 3 nitrogen and oxygen atoms in total. The highest BCUT2D eigenvalue weighted by molar-refractivity contribution is 6.34. The van der Waals surface area contributed by atoms with Crippen molar-refractivity contribution in [3.63, 3.8) is 0 Å². The largest absolute Gasteiger partial charge is 0.468 e. The van der Waals surface area contributed by atoms with E-state index in [0.717, 1.165) is 18.6 Å². The van der Waals surface area contributed by atoms with Gasteiger partial charge in [-0.2, -0.15) is 0 Å². The third-order valence-electron chi connectivity index (χ3n) is 3.52. The summed E-state index contributed by atoms with van der Waals surface area (Å²) < 4.78 is 5.37. The molecule has 0 bridgehead atoms. The number of carbonyl (C=O) groups is 1. The first-order valence-electron chi connectivity index (χ1n) is 6.78. The molecule has 0 N–H and O–H groups in total. The van der Waals surface area contributed by atoms with Gasteiger partial charge < -0.3 is 4.42 Å². The van der Waals surface area contributed by atoms with E-state index in [1.165, 1.54) is 0 Å². The van der Waals surface area contributed by atoms with Crippen molar-refractivity contribution in [2.75, 3.05) is 6.54 Å². The Balaban J connectivity index is 1.70. The number of Topliss-reactive ketones (excluding diaryl/α,β-unsaturated/α-hetero) is 1. The second-order valence-corrected chi connectivity index (χ2v) is 5.53. The second-order valence-electron chi connectivity index (χ2n) is 5.12. The van der Waals surface area contributed by atoms with Crippen LogP contribution in [-0.2, 0) is 6.54 Å². The molecule has 0 aliphatic heterocycles. The maximum absolute atomic E-state index is 12.4. The van der Waals surface area contributed by atoms with Crippen LogP contribution in [0.4, 0.5) is 0 Å². The van der Waals surface area contributed by atoms with Crippen molar-refractivity contribution in [2.45, 2.75) is 25.4 Å².